The van der Waals surface area contributed by atoms with Gasteiger partial charge in [0.2, 0.25) is 0 Å². The number of unbranched alkanes of at least 4 members (excludes halogenated alkanes) is 34. The number of esters is 1. The van der Waals surface area contributed by atoms with Crippen LogP contribution in [0.5, 0.6) is 0 Å². The van der Waals surface area contributed by atoms with Crippen LogP contribution < -0.4 is 0 Å². The summed E-state index contributed by atoms with van der Waals surface area (Å²) in [5, 5.41) is 0. The molecule has 0 aromatic heterocycles. The fourth-order valence-corrected chi connectivity index (χ4v) is 8.38. The fourth-order valence-electron chi connectivity index (χ4n) is 8.38. The summed E-state index contributed by atoms with van der Waals surface area (Å²) in [6.45, 7) is 9.83. The smallest absolute Gasteiger partial charge is 0.305 e. The number of ketones is 1. The van der Waals surface area contributed by atoms with Crippen molar-refractivity contribution in [2.24, 2.45) is 11.8 Å². The van der Waals surface area contributed by atoms with Crippen molar-refractivity contribution in [2.45, 2.75) is 304 Å². The lowest BCUT2D eigenvalue weighted by Gasteiger charge is -2.16. The minimum atomic E-state index is 0.00627. The molecule has 0 spiro atoms. The molecule has 0 rings (SSSR count). The third kappa shape index (κ3) is 44.1. The first kappa shape index (κ1) is 54.1. The number of Topliss-reactive ketones (excluding diaryl/α,β-unsaturated/α-hetero) is 1. The third-order valence-electron chi connectivity index (χ3n) is 12.3. The summed E-state index contributed by atoms with van der Waals surface area (Å²) < 4.78 is 5.50. The number of hydrogen-bond acceptors (Lipinski definition) is 3. The van der Waals surface area contributed by atoms with E-state index in [0.29, 0.717) is 24.7 Å². The molecule has 0 aromatic carbocycles. The Morgan fingerprint density at radius 1 is 0.345 bits per heavy atom. The molecule has 0 N–H and O–H groups in total. The SMILES string of the molecule is CCCCCCCCCCCCCCCCCC(=O)C(CCCCCC)CCCCCCCCCCC(=O)OCCCCCCCCCCCCCC(C)C. The first-order valence-electron chi connectivity index (χ1n) is 25.7. The van der Waals surface area contributed by atoms with Crippen LogP contribution in [0.25, 0.3) is 0 Å². The predicted octanol–water partition coefficient (Wildman–Crippen LogP) is 18.2. The zero-order valence-electron chi connectivity index (χ0n) is 38.5. The zero-order chi connectivity index (χ0) is 40.1. The van der Waals surface area contributed by atoms with Crippen LogP contribution in [-0.2, 0) is 14.3 Å². The monoisotopic (exact) mass is 775 g/mol. The average Bonchev–Trinajstić information content (AvgIpc) is 3.17. The van der Waals surface area contributed by atoms with Crippen molar-refractivity contribution in [3.8, 4) is 0 Å². The molecular formula is C52H102O3. The molecule has 1 unspecified atom stereocenters. The lowest BCUT2D eigenvalue weighted by atomic mass is 9.88. The lowest BCUT2D eigenvalue weighted by molar-refractivity contribution is -0.143. The molecule has 0 saturated heterocycles. The molecule has 0 aliphatic heterocycles. The molecule has 0 aromatic rings. The number of carbonyl (C=O) groups is 2. The van der Waals surface area contributed by atoms with Gasteiger partial charge in [-0.1, -0.05) is 259 Å². The van der Waals surface area contributed by atoms with Crippen LogP contribution in [0.3, 0.4) is 0 Å². The Bertz CT molecular complexity index is 760. The Morgan fingerprint density at radius 3 is 1.02 bits per heavy atom. The van der Waals surface area contributed by atoms with Crippen LogP contribution in [-0.4, -0.2) is 18.4 Å². The van der Waals surface area contributed by atoms with Gasteiger partial charge in [-0.25, -0.2) is 0 Å². The second-order valence-corrected chi connectivity index (χ2v) is 18.4. The Kier molecular flexibility index (Phi) is 45.1. The third-order valence-corrected chi connectivity index (χ3v) is 12.3. The summed E-state index contributed by atoms with van der Waals surface area (Å²) in [4.78, 5) is 25.3. The molecule has 3 nitrogen and oxygen atoms in total. The van der Waals surface area contributed by atoms with Gasteiger partial charge in [0, 0.05) is 18.8 Å². The number of hydrogen-bond donors (Lipinski definition) is 0. The van der Waals surface area contributed by atoms with Gasteiger partial charge < -0.3 is 4.74 Å². The Labute approximate surface area is 347 Å². The largest absolute Gasteiger partial charge is 0.466 e. The van der Waals surface area contributed by atoms with E-state index < -0.39 is 0 Å². The molecule has 1 atom stereocenters. The average molecular weight is 775 g/mol. The maximum Gasteiger partial charge on any atom is 0.305 e. The molecule has 0 fully saturated rings. The van der Waals surface area contributed by atoms with Crippen molar-refractivity contribution in [1.29, 1.82) is 0 Å². The molecule has 0 heterocycles. The molecule has 0 bridgehead atoms. The van der Waals surface area contributed by atoms with Crippen LogP contribution in [0.4, 0.5) is 0 Å². The Balaban J connectivity index is 3.70. The van der Waals surface area contributed by atoms with E-state index in [1.54, 1.807) is 0 Å². The summed E-state index contributed by atoms with van der Waals surface area (Å²) in [5.74, 6) is 1.75. The normalized spacial score (nSPS) is 12.2. The van der Waals surface area contributed by atoms with Gasteiger partial charge in [0.1, 0.15) is 5.78 Å². The lowest BCUT2D eigenvalue weighted by Crippen LogP contribution is -2.14. The van der Waals surface area contributed by atoms with Gasteiger partial charge in [-0.15, -0.1) is 0 Å². The van der Waals surface area contributed by atoms with Crippen molar-refractivity contribution < 1.29 is 14.3 Å². The first-order chi connectivity index (χ1) is 27.0. The second kappa shape index (κ2) is 45.8. The number of rotatable bonds is 47. The van der Waals surface area contributed by atoms with Crippen LogP contribution in [0.1, 0.15) is 304 Å². The number of carbonyl (C=O) groups excluding carboxylic acids is 2. The van der Waals surface area contributed by atoms with E-state index in [1.165, 1.54) is 225 Å². The summed E-state index contributed by atoms with van der Waals surface area (Å²) in [7, 11) is 0. The number of ether oxygens (including phenoxy) is 1. The molecular weight excluding hydrogens is 673 g/mol. The van der Waals surface area contributed by atoms with E-state index in [2.05, 4.69) is 27.7 Å². The first-order valence-corrected chi connectivity index (χ1v) is 25.7. The maximum absolute atomic E-state index is 13.2. The van der Waals surface area contributed by atoms with Crippen molar-refractivity contribution in [3.63, 3.8) is 0 Å². The summed E-state index contributed by atoms with van der Waals surface area (Å²) >= 11 is 0. The summed E-state index contributed by atoms with van der Waals surface area (Å²) in [6.07, 6.45) is 55.1. The van der Waals surface area contributed by atoms with Gasteiger partial charge in [-0.3, -0.25) is 9.59 Å². The van der Waals surface area contributed by atoms with Crippen molar-refractivity contribution >= 4 is 11.8 Å². The highest BCUT2D eigenvalue weighted by molar-refractivity contribution is 5.80. The zero-order valence-corrected chi connectivity index (χ0v) is 38.5. The summed E-state index contributed by atoms with van der Waals surface area (Å²) in [6, 6.07) is 0. The minimum Gasteiger partial charge on any atom is -0.466 e. The molecule has 328 valence electrons. The van der Waals surface area contributed by atoms with E-state index in [4.69, 9.17) is 4.74 Å². The second-order valence-electron chi connectivity index (χ2n) is 18.4. The predicted molar refractivity (Wildman–Crippen MR) is 244 cm³/mol. The van der Waals surface area contributed by atoms with Crippen molar-refractivity contribution in [1.82, 2.24) is 0 Å². The van der Waals surface area contributed by atoms with Crippen molar-refractivity contribution in [2.75, 3.05) is 6.61 Å². The van der Waals surface area contributed by atoms with E-state index >= 15 is 0 Å². The molecule has 0 aliphatic carbocycles. The van der Waals surface area contributed by atoms with E-state index in [9.17, 15) is 9.59 Å². The molecule has 3 heteroatoms. The Morgan fingerprint density at radius 2 is 0.636 bits per heavy atom. The maximum atomic E-state index is 13.2. The quantitative estimate of drug-likeness (QED) is 0.0457. The van der Waals surface area contributed by atoms with Gasteiger partial charge in [-0.2, -0.15) is 0 Å². The standard InChI is InChI=1S/C52H102O3/c1-5-7-9-11-12-13-14-15-16-17-20-23-29-34-40-46-51(53)50(44-38-10-8-6-2)45-39-33-28-24-25-30-35-41-47-52(54)55-48-42-36-31-26-21-18-19-22-27-32-37-43-49(3)4/h49-50H,5-48H2,1-4H3. The minimum absolute atomic E-state index is 0.00627. The highest BCUT2D eigenvalue weighted by Gasteiger charge is 2.17. The topological polar surface area (TPSA) is 43.4 Å². The molecule has 0 amide bonds. The molecule has 55 heavy (non-hydrogen) atoms. The van der Waals surface area contributed by atoms with Crippen LogP contribution in [0, 0.1) is 11.8 Å². The molecule has 0 saturated carbocycles. The molecule has 0 radical (unpaired) electrons. The summed E-state index contributed by atoms with van der Waals surface area (Å²) in [5.41, 5.74) is 0. The van der Waals surface area contributed by atoms with Crippen LogP contribution >= 0.6 is 0 Å². The highest BCUT2D eigenvalue weighted by atomic mass is 16.5. The van der Waals surface area contributed by atoms with E-state index in [0.717, 1.165) is 50.9 Å². The van der Waals surface area contributed by atoms with Gasteiger partial charge in [0.25, 0.3) is 0 Å². The van der Waals surface area contributed by atoms with Crippen LogP contribution in [0.2, 0.25) is 0 Å². The van der Waals surface area contributed by atoms with Gasteiger partial charge in [-0.05, 0) is 38.0 Å². The van der Waals surface area contributed by atoms with Gasteiger partial charge in [0.15, 0.2) is 0 Å². The van der Waals surface area contributed by atoms with Crippen LogP contribution in [0.15, 0.2) is 0 Å². The Hall–Kier alpha value is -0.860. The van der Waals surface area contributed by atoms with Gasteiger partial charge in [0.05, 0.1) is 6.61 Å². The fraction of sp³-hybridized carbons (Fsp3) is 0.962. The van der Waals surface area contributed by atoms with E-state index in [1.807, 2.05) is 0 Å². The van der Waals surface area contributed by atoms with Crippen molar-refractivity contribution in [3.05, 3.63) is 0 Å². The molecule has 0 aliphatic rings. The highest BCUT2D eigenvalue weighted by Crippen LogP contribution is 2.23. The van der Waals surface area contributed by atoms with E-state index in [-0.39, 0.29) is 5.97 Å². The van der Waals surface area contributed by atoms with Gasteiger partial charge >= 0.3 is 5.97 Å².